The fourth-order valence-corrected chi connectivity index (χ4v) is 2.61. The molecule has 0 bridgehead atoms. The van der Waals surface area contributed by atoms with Crippen LogP contribution in [-0.2, 0) is 20.9 Å². The predicted molar refractivity (Wildman–Crippen MR) is 97.3 cm³/mol. The second-order valence-corrected chi connectivity index (χ2v) is 7.08. The Labute approximate surface area is 153 Å². The third-order valence-electron chi connectivity index (χ3n) is 4.32. The van der Waals surface area contributed by atoms with Gasteiger partial charge >= 0.3 is 0 Å². The Bertz CT molecular complexity index is 584. The van der Waals surface area contributed by atoms with Gasteiger partial charge in [-0.3, -0.25) is 14.5 Å². The summed E-state index contributed by atoms with van der Waals surface area (Å²) in [4.78, 5) is 27.0. The molecule has 0 saturated carbocycles. The van der Waals surface area contributed by atoms with Crippen LogP contribution in [-0.4, -0.2) is 56.1 Å². The van der Waals surface area contributed by atoms with Gasteiger partial charge in [0.2, 0.25) is 11.8 Å². The lowest BCUT2D eigenvalue weighted by atomic mass is 9.91. The number of halogens is 1. The lowest BCUT2D eigenvalue weighted by Crippen LogP contribution is -2.49. The maximum absolute atomic E-state index is 12.4. The Morgan fingerprint density at radius 3 is 2.36 bits per heavy atom. The Morgan fingerprint density at radius 2 is 1.72 bits per heavy atom. The summed E-state index contributed by atoms with van der Waals surface area (Å²) in [6, 6.07) is 7.23. The zero-order valence-corrected chi connectivity index (χ0v) is 15.6. The molecule has 25 heavy (non-hydrogen) atoms. The van der Waals surface area contributed by atoms with Gasteiger partial charge in [0.1, 0.15) is 5.41 Å². The van der Waals surface area contributed by atoms with Crippen molar-refractivity contribution in [1.29, 1.82) is 0 Å². The first kappa shape index (κ1) is 19.7. The van der Waals surface area contributed by atoms with Crippen LogP contribution in [0.15, 0.2) is 24.3 Å². The molecule has 7 heteroatoms. The quantitative estimate of drug-likeness (QED) is 0.715. The van der Waals surface area contributed by atoms with E-state index < -0.39 is 5.41 Å². The summed E-state index contributed by atoms with van der Waals surface area (Å²) in [5.41, 5.74) is -0.196. The lowest BCUT2D eigenvalue weighted by molar-refractivity contribution is -0.141. The summed E-state index contributed by atoms with van der Waals surface area (Å²) in [5.74, 6) is -0.569. The van der Waals surface area contributed by atoms with Crippen LogP contribution >= 0.6 is 11.6 Å². The second-order valence-electron chi connectivity index (χ2n) is 6.64. The molecule has 1 aliphatic rings. The first-order valence-corrected chi connectivity index (χ1v) is 8.88. The van der Waals surface area contributed by atoms with Gasteiger partial charge in [-0.15, -0.1) is 0 Å². The molecule has 6 nitrogen and oxygen atoms in total. The lowest BCUT2D eigenvalue weighted by Gasteiger charge is -2.27. The van der Waals surface area contributed by atoms with Crippen LogP contribution in [0.3, 0.4) is 0 Å². The Balaban J connectivity index is 1.76. The smallest absolute Gasteiger partial charge is 0.235 e. The van der Waals surface area contributed by atoms with Crippen LogP contribution in [0.25, 0.3) is 0 Å². The number of carbonyl (C=O) groups is 2. The van der Waals surface area contributed by atoms with Crippen LogP contribution < -0.4 is 10.6 Å². The molecule has 1 aromatic rings. The van der Waals surface area contributed by atoms with Gasteiger partial charge in [0.15, 0.2) is 0 Å². The molecule has 1 saturated heterocycles. The highest BCUT2D eigenvalue weighted by Gasteiger charge is 2.35. The zero-order valence-electron chi connectivity index (χ0n) is 14.8. The standard InChI is InChI=1S/C18H26ClN3O3/c1-18(2,16(23)20-7-8-22-9-11-25-12-10-22)17(24)21-13-14-3-5-15(19)6-4-14/h3-6H,7-13H2,1-2H3,(H,20,23)(H,21,24). The first-order chi connectivity index (χ1) is 11.9. The van der Waals surface area contributed by atoms with E-state index in [1.54, 1.807) is 26.0 Å². The number of amides is 2. The van der Waals surface area contributed by atoms with Crippen molar-refractivity contribution in [3.8, 4) is 0 Å². The Hall–Kier alpha value is -1.63. The topological polar surface area (TPSA) is 70.7 Å². The summed E-state index contributed by atoms with van der Waals surface area (Å²) in [6.07, 6.45) is 0. The highest BCUT2D eigenvalue weighted by molar-refractivity contribution is 6.30. The van der Waals surface area contributed by atoms with Gasteiger partial charge in [0.25, 0.3) is 0 Å². The number of carbonyl (C=O) groups excluding carboxylic acids is 2. The minimum atomic E-state index is -1.13. The number of rotatable bonds is 7. The molecule has 0 aliphatic carbocycles. The number of hydrogen-bond donors (Lipinski definition) is 2. The molecule has 0 radical (unpaired) electrons. The van der Waals surface area contributed by atoms with E-state index in [0.29, 0.717) is 18.1 Å². The van der Waals surface area contributed by atoms with Crippen molar-refractivity contribution in [3.63, 3.8) is 0 Å². The highest BCUT2D eigenvalue weighted by Crippen LogP contribution is 2.16. The van der Waals surface area contributed by atoms with E-state index >= 15 is 0 Å². The van der Waals surface area contributed by atoms with Crippen molar-refractivity contribution in [3.05, 3.63) is 34.9 Å². The third-order valence-corrected chi connectivity index (χ3v) is 4.57. The molecule has 0 aromatic heterocycles. The average Bonchev–Trinajstić information content (AvgIpc) is 2.61. The molecule has 0 unspecified atom stereocenters. The molecule has 0 atom stereocenters. The van der Waals surface area contributed by atoms with Crippen LogP contribution in [0.2, 0.25) is 5.02 Å². The number of benzene rings is 1. The number of hydrogen-bond acceptors (Lipinski definition) is 4. The molecule has 1 heterocycles. The van der Waals surface area contributed by atoms with E-state index in [2.05, 4.69) is 15.5 Å². The summed E-state index contributed by atoms with van der Waals surface area (Å²) in [6.45, 7) is 8.12. The maximum atomic E-state index is 12.4. The van der Waals surface area contributed by atoms with Crippen molar-refractivity contribution in [2.75, 3.05) is 39.4 Å². The molecule has 1 aromatic carbocycles. The first-order valence-electron chi connectivity index (χ1n) is 8.51. The van der Waals surface area contributed by atoms with Crippen molar-refractivity contribution in [1.82, 2.24) is 15.5 Å². The number of nitrogens with one attached hydrogen (secondary N) is 2. The average molecular weight is 368 g/mol. The highest BCUT2D eigenvalue weighted by atomic mass is 35.5. The fourth-order valence-electron chi connectivity index (χ4n) is 2.48. The Morgan fingerprint density at radius 1 is 1.12 bits per heavy atom. The van der Waals surface area contributed by atoms with Crippen molar-refractivity contribution >= 4 is 23.4 Å². The van der Waals surface area contributed by atoms with E-state index in [-0.39, 0.29) is 11.8 Å². The fraction of sp³-hybridized carbons (Fsp3) is 0.556. The van der Waals surface area contributed by atoms with E-state index in [4.69, 9.17) is 16.3 Å². The number of morpholine rings is 1. The van der Waals surface area contributed by atoms with Crippen molar-refractivity contribution in [2.45, 2.75) is 20.4 Å². The molecule has 2 rings (SSSR count). The van der Waals surface area contributed by atoms with Crippen LogP contribution in [0.5, 0.6) is 0 Å². The Kier molecular flexibility index (Phi) is 7.23. The van der Waals surface area contributed by atoms with Gasteiger partial charge in [-0.1, -0.05) is 23.7 Å². The van der Waals surface area contributed by atoms with Gasteiger partial charge in [-0.05, 0) is 31.5 Å². The van der Waals surface area contributed by atoms with E-state index in [0.717, 1.165) is 38.4 Å². The van der Waals surface area contributed by atoms with Gasteiger partial charge in [0, 0.05) is 37.7 Å². The molecule has 0 spiro atoms. The molecule has 138 valence electrons. The maximum Gasteiger partial charge on any atom is 0.235 e. The zero-order chi connectivity index (χ0) is 18.3. The molecule has 1 aliphatic heterocycles. The molecular formula is C18H26ClN3O3. The minimum absolute atomic E-state index is 0.269. The molecule has 2 N–H and O–H groups in total. The molecule has 1 fully saturated rings. The SMILES string of the molecule is CC(C)(C(=O)NCCN1CCOCC1)C(=O)NCc1ccc(Cl)cc1. The minimum Gasteiger partial charge on any atom is -0.379 e. The van der Waals surface area contributed by atoms with Gasteiger partial charge in [-0.25, -0.2) is 0 Å². The summed E-state index contributed by atoms with van der Waals surface area (Å²) < 4.78 is 5.29. The second kappa shape index (κ2) is 9.17. The van der Waals surface area contributed by atoms with Crippen LogP contribution in [0.4, 0.5) is 0 Å². The van der Waals surface area contributed by atoms with Crippen LogP contribution in [0, 0.1) is 5.41 Å². The molecular weight excluding hydrogens is 342 g/mol. The summed E-state index contributed by atoms with van der Waals surface area (Å²) in [7, 11) is 0. The monoisotopic (exact) mass is 367 g/mol. The van der Waals surface area contributed by atoms with E-state index in [1.807, 2.05) is 12.1 Å². The van der Waals surface area contributed by atoms with E-state index in [9.17, 15) is 9.59 Å². The summed E-state index contributed by atoms with van der Waals surface area (Å²) >= 11 is 5.84. The molecule has 2 amide bonds. The number of nitrogens with zero attached hydrogens (tertiary/aromatic N) is 1. The van der Waals surface area contributed by atoms with Gasteiger partial charge in [0.05, 0.1) is 13.2 Å². The van der Waals surface area contributed by atoms with Crippen molar-refractivity contribution in [2.24, 2.45) is 5.41 Å². The predicted octanol–water partition coefficient (Wildman–Crippen LogP) is 1.43. The number of ether oxygens (including phenoxy) is 1. The van der Waals surface area contributed by atoms with Gasteiger partial charge < -0.3 is 15.4 Å². The van der Waals surface area contributed by atoms with Crippen molar-refractivity contribution < 1.29 is 14.3 Å². The largest absolute Gasteiger partial charge is 0.379 e. The summed E-state index contributed by atoms with van der Waals surface area (Å²) in [5, 5.41) is 6.31. The normalized spacial score (nSPS) is 15.6. The van der Waals surface area contributed by atoms with E-state index in [1.165, 1.54) is 0 Å². The van der Waals surface area contributed by atoms with Gasteiger partial charge in [-0.2, -0.15) is 0 Å². The van der Waals surface area contributed by atoms with Crippen LogP contribution in [0.1, 0.15) is 19.4 Å². The third kappa shape index (κ3) is 5.99.